The molecule has 0 saturated carbocycles. The molecule has 0 aromatic heterocycles. The van der Waals surface area contributed by atoms with Gasteiger partial charge in [-0.3, -0.25) is 4.99 Å². The number of para-hydroxylation sites is 2. The summed E-state index contributed by atoms with van der Waals surface area (Å²) in [5, 5.41) is 1.30. The number of ether oxygens (including phenoxy) is 2. The Bertz CT molecular complexity index is 1080. The molecule has 2 atom stereocenters. The monoisotopic (exact) mass is 447 g/mol. The van der Waals surface area contributed by atoms with Crippen LogP contribution in [0.5, 0.6) is 5.75 Å². The second kappa shape index (κ2) is 10.9. The molecule has 0 aliphatic heterocycles. The molecule has 0 saturated heterocycles. The number of aryl methyl sites for hydroxylation is 2. The van der Waals surface area contributed by atoms with E-state index in [0.29, 0.717) is 8.58 Å². The normalized spacial score (nSPS) is 14.0. The van der Waals surface area contributed by atoms with Crippen molar-refractivity contribution in [3.05, 3.63) is 89.0 Å². The molecule has 0 amide bonds. The minimum atomic E-state index is -0.0665. The maximum atomic E-state index is 6.05. The molecule has 0 spiro atoms. The van der Waals surface area contributed by atoms with Gasteiger partial charge in [0.05, 0.1) is 5.69 Å². The Kier molecular flexibility index (Phi) is 8.23. The predicted octanol–water partition coefficient (Wildman–Crippen LogP) is 7.06. The molecule has 4 heteroatoms. The summed E-state index contributed by atoms with van der Waals surface area (Å²) in [7, 11) is 2.23. The van der Waals surface area contributed by atoms with Gasteiger partial charge in [-0.1, -0.05) is 77.0 Å². The highest BCUT2D eigenvalue weighted by Gasteiger charge is 2.31. The third kappa shape index (κ3) is 5.46. The molecule has 0 heterocycles. The molecule has 0 radical (unpaired) electrons. The largest absolute Gasteiger partial charge is 0.467 e. The third-order valence-electron chi connectivity index (χ3n) is 5.95. The van der Waals surface area contributed by atoms with Crippen molar-refractivity contribution in [3.63, 3.8) is 0 Å². The number of methoxy groups -OCH3 is 1. The van der Waals surface area contributed by atoms with Crippen molar-refractivity contribution in [2.45, 2.75) is 46.2 Å². The molecular formula is C28H34NO2P. The van der Waals surface area contributed by atoms with Gasteiger partial charge in [0.1, 0.15) is 5.75 Å². The molecule has 0 bridgehead atoms. The maximum Gasteiger partial charge on any atom is 0.188 e. The van der Waals surface area contributed by atoms with Crippen molar-refractivity contribution in [2.24, 2.45) is 4.99 Å². The SMILES string of the molecule is CCC(C)(Pc1c(C)cccc1/C(C)=N/c1ccccc1)c1cccc(C)c1OCOC. The number of aliphatic imine (C=N–C) groups is 1. The molecule has 0 fully saturated rings. The van der Waals surface area contributed by atoms with Crippen molar-refractivity contribution in [3.8, 4) is 5.75 Å². The van der Waals surface area contributed by atoms with E-state index in [4.69, 9.17) is 14.5 Å². The second-order valence-electron chi connectivity index (χ2n) is 8.34. The Morgan fingerprint density at radius 1 is 0.938 bits per heavy atom. The van der Waals surface area contributed by atoms with Crippen molar-refractivity contribution < 1.29 is 9.47 Å². The van der Waals surface area contributed by atoms with E-state index < -0.39 is 0 Å². The Morgan fingerprint density at radius 3 is 2.31 bits per heavy atom. The van der Waals surface area contributed by atoms with Crippen LogP contribution in [0.2, 0.25) is 0 Å². The Labute approximate surface area is 194 Å². The van der Waals surface area contributed by atoms with Crippen molar-refractivity contribution in [2.75, 3.05) is 13.9 Å². The molecule has 32 heavy (non-hydrogen) atoms. The van der Waals surface area contributed by atoms with Gasteiger partial charge in [-0.2, -0.15) is 0 Å². The van der Waals surface area contributed by atoms with E-state index in [2.05, 4.69) is 71.0 Å². The van der Waals surface area contributed by atoms with E-state index in [-0.39, 0.29) is 11.9 Å². The molecule has 2 unspecified atom stereocenters. The standard InChI is InChI=1S/C28H34NO2P/c1-7-28(5,25-18-12-13-20(2)26(25)31-19-30-6)32-27-21(3)14-11-17-24(27)22(4)29-23-15-9-8-10-16-23/h8-18,32H,7,19H2,1-6H3/b29-22+. The quantitative estimate of drug-likeness (QED) is 0.200. The van der Waals surface area contributed by atoms with Crippen LogP contribution >= 0.6 is 8.58 Å². The summed E-state index contributed by atoms with van der Waals surface area (Å²) in [5.74, 6) is 0.941. The van der Waals surface area contributed by atoms with E-state index in [1.165, 1.54) is 22.0 Å². The first-order valence-electron chi connectivity index (χ1n) is 11.1. The summed E-state index contributed by atoms with van der Waals surface area (Å²) < 4.78 is 11.3. The highest BCUT2D eigenvalue weighted by molar-refractivity contribution is 7.49. The Morgan fingerprint density at radius 2 is 1.62 bits per heavy atom. The first-order valence-corrected chi connectivity index (χ1v) is 12.1. The van der Waals surface area contributed by atoms with Gasteiger partial charge in [-0.05, 0) is 55.8 Å². The van der Waals surface area contributed by atoms with E-state index >= 15 is 0 Å². The smallest absolute Gasteiger partial charge is 0.188 e. The molecule has 0 aliphatic carbocycles. The van der Waals surface area contributed by atoms with Gasteiger partial charge in [-0.25, -0.2) is 0 Å². The van der Waals surface area contributed by atoms with Crippen LogP contribution in [0.3, 0.4) is 0 Å². The summed E-state index contributed by atoms with van der Waals surface area (Å²) in [5.41, 5.74) is 6.92. The number of rotatable bonds is 9. The molecule has 0 N–H and O–H groups in total. The van der Waals surface area contributed by atoms with Gasteiger partial charge >= 0.3 is 0 Å². The van der Waals surface area contributed by atoms with E-state index in [1.807, 2.05) is 30.3 Å². The summed E-state index contributed by atoms with van der Waals surface area (Å²) in [6, 6.07) is 23.1. The fourth-order valence-electron chi connectivity index (χ4n) is 3.91. The summed E-state index contributed by atoms with van der Waals surface area (Å²) in [6.07, 6.45) is 1.00. The highest BCUT2D eigenvalue weighted by Crippen LogP contribution is 2.48. The zero-order valence-corrected chi connectivity index (χ0v) is 21.0. The Hall–Kier alpha value is -2.48. The van der Waals surface area contributed by atoms with Gasteiger partial charge in [0.2, 0.25) is 0 Å². The van der Waals surface area contributed by atoms with Crippen molar-refractivity contribution in [1.82, 2.24) is 0 Å². The zero-order valence-electron chi connectivity index (χ0n) is 20.0. The van der Waals surface area contributed by atoms with Crippen LogP contribution in [0.1, 0.15) is 49.4 Å². The van der Waals surface area contributed by atoms with Crippen molar-refractivity contribution in [1.29, 1.82) is 0 Å². The summed E-state index contributed by atoms with van der Waals surface area (Å²) in [4.78, 5) is 4.91. The molecule has 3 aromatic carbocycles. The predicted molar refractivity (Wildman–Crippen MR) is 139 cm³/mol. The highest BCUT2D eigenvalue weighted by atomic mass is 31.1. The van der Waals surface area contributed by atoms with Gasteiger partial charge in [0.15, 0.2) is 6.79 Å². The van der Waals surface area contributed by atoms with Crippen LogP contribution in [0.4, 0.5) is 5.69 Å². The van der Waals surface area contributed by atoms with E-state index in [1.54, 1.807) is 7.11 Å². The topological polar surface area (TPSA) is 30.8 Å². The lowest BCUT2D eigenvalue weighted by Gasteiger charge is -2.33. The van der Waals surface area contributed by atoms with Crippen LogP contribution in [0.25, 0.3) is 0 Å². The zero-order chi connectivity index (χ0) is 23.1. The van der Waals surface area contributed by atoms with Gasteiger partial charge in [0.25, 0.3) is 0 Å². The van der Waals surface area contributed by atoms with Crippen LogP contribution in [0, 0.1) is 13.8 Å². The lowest BCUT2D eigenvalue weighted by Crippen LogP contribution is -2.24. The average Bonchev–Trinajstić information content (AvgIpc) is 2.80. The number of hydrogen-bond acceptors (Lipinski definition) is 3. The molecule has 3 nitrogen and oxygen atoms in total. The number of nitrogens with zero attached hydrogens (tertiary/aromatic N) is 1. The third-order valence-corrected chi connectivity index (χ3v) is 8.04. The second-order valence-corrected chi connectivity index (χ2v) is 10.2. The molecule has 168 valence electrons. The molecule has 3 aromatic rings. The minimum absolute atomic E-state index is 0.0665. The number of hydrogen-bond donors (Lipinski definition) is 0. The number of benzene rings is 3. The van der Waals surface area contributed by atoms with Gasteiger partial charge in [-0.15, -0.1) is 0 Å². The van der Waals surface area contributed by atoms with Crippen LogP contribution in [0.15, 0.2) is 71.7 Å². The lowest BCUT2D eigenvalue weighted by molar-refractivity contribution is 0.0495. The van der Waals surface area contributed by atoms with E-state index in [0.717, 1.165) is 29.1 Å². The average molecular weight is 448 g/mol. The lowest BCUT2D eigenvalue weighted by atomic mass is 9.94. The summed E-state index contributed by atoms with van der Waals surface area (Å²) >= 11 is 0. The van der Waals surface area contributed by atoms with Crippen molar-refractivity contribution >= 4 is 25.3 Å². The summed E-state index contributed by atoms with van der Waals surface area (Å²) in [6.45, 7) is 11.3. The van der Waals surface area contributed by atoms with Crippen LogP contribution < -0.4 is 10.0 Å². The van der Waals surface area contributed by atoms with E-state index in [9.17, 15) is 0 Å². The van der Waals surface area contributed by atoms with Gasteiger partial charge in [0, 0.05) is 29.1 Å². The Balaban J connectivity index is 2.06. The fourth-order valence-corrected chi connectivity index (χ4v) is 5.65. The first kappa shape index (κ1) is 24.2. The molecule has 3 rings (SSSR count). The van der Waals surface area contributed by atoms with Gasteiger partial charge < -0.3 is 9.47 Å². The fraction of sp³-hybridized carbons (Fsp3) is 0.321. The molecular weight excluding hydrogens is 413 g/mol. The van der Waals surface area contributed by atoms with Crippen LogP contribution in [-0.2, 0) is 9.89 Å². The maximum absolute atomic E-state index is 6.05. The van der Waals surface area contributed by atoms with Crippen LogP contribution in [-0.4, -0.2) is 19.6 Å². The first-order chi connectivity index (χ1) is 15.4. The molecule has 0 aliphatic rings. The minimum Gasteiger partial charge on any atom is -0.467 e.